The third-order valence-electron chi connectivity index (χ3n) is 3.01. The van der Waals surface area contributed by atoms with Crippen molar-refractivity contribution in [3.05, 3.63) is 23.8 Å². The van der Waals surface area contributed by atoms with Crippen LogP contribution in [0.2, 0.25) is 0 Å². The molecule has 7 nitrogen and oxygen atoms in total. The summed E-state index contributed by atoms with van der Waals surface area (Å²) >= 11 is 0. The third-order valence-corrected chi connectivity index (χ3v) is 4.94. The fourth-order valence-corrected chi connectivity index (χ4v) is 3.49. The van der Waals surface area contributed by atoms with Gasteiger partial charge in [-0.1, -0.05) is 0 Å². The van der Waals surface area contributed by atoms with Gasteiger partial charge in [0.2, 0.25) is 21.8 Å². The Balaban J connectivity index is 2.54. The number of hydrogen-bond acceptors (Lipinski definition) is 5. The van der Waals surface area contributed by atoms with Gasteiger partial charge < -0.3 is 5.73 Å². The van der Waals surface area contributed by atoms with E-state index in [9.17, 15) is 26.8 Å². The number of piperazine rings is 1. The zero-order chi connectivity index (χ0) is 15.9. The van der Waals surface area contributed by atoms with Gasteiger partial charge in [0.15, 0.2) is 0 Å². The van der Waals surface area contributed by atoms with E-state index in [-0.39, 0.29) is 0 Å². The molecule has 0 saturated carbocycles. The summed E-state index contributed by atoms with van der Waals surface area (Å²) in [6.45, 7) is 0.593. The number of carbonyl (C=O) groups is 2. The molecule has 0 aliphatic carbocycles. The number of benzene rings is 1. The molecule has 0 bridgehead atoms. The molecule has 2 amide bonds. The van der Waals surface area contributed by atoms with Crippen LogP contribution in [0.5, 0.6) is 0 Å². The Hall–Kier alpha value is -2.07. The number of anilines is 1. The molecule has 0 spiro atoms. The van der Waals surface area contributed by atoms with Gasteiger partial charge in [0.25, 0.3) is 0 Å². The molecule has 1 fully saturated rings. The average molecular weight is 319 g/mol. The Morgan fingerprint density at radius 3 is 2.52 bits per heavy atom. The molecule has 1 aliphatic heterocycles. The standard InChI is InChI=1S/C11H11F2N3O4S/c1-5-11(18)15-10(17)4-16(5)21(19,20)9-3-8(14)6(12)2-7(9)13/h2-3,5H,4,14H2,1H3,(H,15,17,18). The SMILES string of the molecule is CC1C(=O)NC(=O)CN1S(=O)(=O)c1cc(N)c(F)cc1F. The second kappa shape index (κ2) is 5.04. The van der Waals surface area contributed by atoms with Gasteiger partial charge in [-0.05, 0) is 13.0 Å². The van der Waals surface area contributed by atoms with Gasteiger partial charge in [-0.2, -0.15) is 4.31 Å². The number of hydrogen-bond donors (Lipinski definition) is 2. The van der Waals surface area contributed by atoms with Crippen LogP contribution in [0.15, 0.2) is 17.0 Å². The predicted octanol–water partition coefficient (Wildman–Crippen LogP) is -0.417. The smallest absolute Gasteiger partial charge is 0.247 e. The van der Waals surface area contributed by atoms with E-state index in [4.69, 9.17) is 5.73 Å². The Morgan fingerprint density at radius 1 is 1.29 bits per heavy atom. The minimum Gasteiger partial charge on any atom is -0.396 e. The molecule has 1 heterocycles. The molecule has 3 N–H and O–H groups in total. The molecule has 1 unspecified atom stereocenters. The normalized spacial score (nSPS) is 20.4. The van der Waals surface area contributed by atoms with E-state index in [2.05, 4.69) is 0 Å². The van der Waals surface area contributed by atoms with Crippen molar-refractivity contribution >= 4 is 27.5 Å². The summed E-state index contributed by atoms with van der Waals surface area (Å²) in [5.74, 6) is -4.12. The highest BCUT2D eigenvalue weighted by Gasteiger charge is 2.40. The van der Waals surface area contributed by atoms with Crippen molar-refractivity contribution in [2.75, 3.05) is 12.3 Å². The van der Waals surface area contributed by atoms with Crippen LogP contribution in [0, 0.1) is 11.6 Å². The summed E-state index contributed by atoms with van der Waals surface area (Å²) < 4.78 is 52.0. The largest absolute Gasteiger partial charge is 0.396 e. The lowest BCUT2D eigenvalue weighted by Crippen LogP contribution is -2.58. The molecule has 0 radical (unpaired) electrons. The summed E-state index contributed by atoms with van der Waals surface area (Å²) in [5, 5.41) is 1.96. The van der Waals surface area contributed by atoms with Gasteiger partial charge in [0.1, 0.15) is 22.6 Å². The van der Waals surface area contributed by atoms with Crippen molar-refractivity contribution < 1.29 is 26.8 Å². The molecular weight excluding hydrogens is 308 g/mol. The predicted molar refractivity (Wildman–Crippen MR) is 67.3 cm³/mol. The van der Waals surface area contributed by atoms with E-state index >= 15 is 0 Å². The number of halogens is 2. The van der Waals surface area contributed by atoms with Crippen LogP contribution < -0.4 is 11.1 Å². The van der Waals surface area contributed by atoms with Crippen LogP contribution >= 0.6 is 0 Å². The summed E-state index contributed by atoms with van der Waals surface area (Å²) in [4.78, 5) is 21.9. The lowest BCUT2D eigenvalue weighted by atomic mass is 10.2. The molecular formula is C11H11F2N3O4S. The first-order valence-electron chi connectivity index (χ1n) is 5.74. The molecule has 10 heteroatoms. The Bertz CT molecular complexity index is 735. The van der Waals surface area contributed by atoms with E-state index in [0.717, 1.165) is 0 Å². The van der Waals surface area contributed by atoms with Gasteiger partial charge in [-0.25, -0.2) is 17.2 Å². The first-order valence-corrected chi connectivity index (χ1v) is 7.18. The lowest BCUT2D eigenvalue weighted by molar-refractivity contribution is -0.136. The number of nitrogens with zero attached hydrogens (tertiary/aromatic N) is 1. The minimum absolute atomic E-state index is 0.332. The quantitative estimate of drug-likeness (QED) is 0.568. The first kappa shape index (κ1) is 15.3. The lowest BCUT2D eigenvalue weighted by Gasteiger charge is -2.30. The Labute approximate surface area is 118 Å². The zero-order valence-corrected chi connectivity index (χ0v) is 11.6. The van der Waals surface area contributed by atoms with Crippen molar-refractivity contribution in [3.63, 3.8) is 0 Å². The number of nitrogens with one attached hydrogen (secondary N) is 1. The van der Waals surface area contributed by atoms with E-state index in [1.165, 1.54) is 6.92 Å². The average Bonchev–Trinajstić information content (AvgIpc) is 2.37. The molecule has 1 aromatic rings. The number of rotatable bonds is 2. The maximum atomic E-state index is 13.7. The van der Waals surface area contributed by atoms with Crippen molar-refractivity contribution in [2.24, 2.45) is 0 Å². The summed E-state index contributed by atoms with van der Waals surface area (Å²) in [7, 11) is -4.52. The minimum atomic E-state index is -4.52. The maximum Gasteiger partial charge on any atom is 0.247 e. The topological polar surface area (TPSA) is 110 Å². The molecule has 1 aliphatic rings. The van der Waals surface area contributed by atoms with Crippen LogP contribution in [0.1, 0.15) is 6.92 Å². The van der Waals surface area contributed by atoms with Gasteiger partial charge in [0, 0.05) is 6.07 Å². The highest BCUT2D eigenvalue weighted by molar-refractivity contribution is 7.89. The first-order chi connectivity index (χ1) is 9.64. The fraction of sp³-hybridized carbons (Fsp3) is 0.273. The van der Waals surface area contributed by atoms with Crippen molar-refractivity contribution in [1.29, 1.82) is 0 Å². The van der Waals surface area contributed by atoms with Gasteiger partial charge in [-0.3, -0.25) is 14.9 Å². The van der Waals surface area contributed by atoms with Crippen LogP contribution in [0.3, 0.4) is 0 Å². The van der Waals surface area contributed by atoms with Crippen LogP contribution in [0.25, 0.3) is 0 Å². The molecule has 21 heavy (non-hydrogen) atoms. The monoisotopic (exact) mass is 319 g/mol. The number of nitrogen functional groups attached to an aromatic ring is 1. The van der Waals surface area contributed by atoms with Crippen molar-refractivity contribution in [1.82, 2.24) is 9.62 Å². The van der Waals surface area contributed by atoms with Crippen LogP contribution in [-0.4, -0.2) is 37.1 Å². The molecule has 1 aromatic carbocycles. The molecule has 2 rings (SSSR count). The molecule has 1 atom stereocenters. The number of amides is 2. The highest BCUT2D eigenvalue weighted by Crippen LogP contribution is 2.26. The second-order valence-corrected chi connectivity index (χ2v) is 6.30. The van der Waals surface area contributed by atoms with E-state index in [1.54, 1.807) is 0 Å². The summed E-state index contributed by atoms with van der Waals surface area (Å²) in [6, 6.07) is -0.263. The van der Waals surface area contributed by atoms with E-state index in [1.807, 2.05) is 5.32 Å². The molecule has 1 saturated heterocycles. The number of imide groups is 1. The summed E-state index contributed by atoms with van der Waals surface area (Å²) in [5.41, 5.74) is 4.67. The fourth-order valence-electron chi connectivity index (χ4n) is 1.85. The summed E-state index contributed by atoms with van der Waals surface area (Å²) in [6.07, 6.45) is 0. The van der Waals surface area contributed by atoms with E-state index in [0.29, 0.717) is 16.4 Å². The highest BCUT2D eigenvalue weighted by atomic mass is 32.2. The zero-order valence-electron chi connectivity index (χ0n) is 10.8. The second-order valence-electron chi connectivity index (χ2n) is 4.44. The van der Waals surface area contributed by atoms with Crippen molar-refractivity contribution in [2.45, 2.75) is 17.9 Å². The Kier molecular flexibility index (Phi) is 3.68. The van der Waals surface area contributed by atoms with Crippen LogP contribution in [0.4, 0.5) is 14.5 Å². The van der Waals surface area contributed by atoms with Gasteiger partial charge >= 0.3 is 0 Å². The number of carbonyl (C=O) groups excluding carboxylic acids is 2. The van der Waals surface area contributed by atoms with Gasteiger partial charge in [0.05, 0.1) is 12.2 Å². The number of nitrogens with two attached hydrogens (primary N) is 1. The van der Waals surface area contributed by atoms with Crippen molar-refractivity contribution in [3.8, 4) is 0 Å². The molecule has 0 aromatic heterocycles. The maximum absolute atomic E-state index is 13.7. The van der Waals surface area contributed by atoms with E-state index < -0.39 is 56.6 Å². The number of sulfonamides is 1. The Morgan fingerprint density at radius 2 is 1.90 bits per heavy atom. The van der Waals surface area contributed by atoms with Gasteiger partial charge in [-0.15, -0.1) is 0 Å². The molecule has 114 valence electrons. The van der Waals surface area contributed by atoms with Crippen LogP contribution in [-0.2, 0) is 19.6 Å². The third kappa shape index (κ3) is 2.59.